The van der Waals surface area contributed by atoms with E-state index < -0.39 is 5.91 Å². The molecule has 0 bridgehead atoms. The monoisotopic (exact) mass is 451 g/mol. The van der Waals surface area contributed by atoms with Crippen molar-refractivity contribution >= 4 is 28.1 Å². The van der Waals surface area contributed by atoms with Crippen molar-refractivity contribution in [3.63, 3.8) is 0 Å². The van der Waals surface area contributed by atoms with E-state index in [-0.39, 0.29) is 17.0 Å². The maximum absolute atomic E-state index is 13.0. The van der Waals surface area contributed by atoms with Crippen LogP contribution in [0.3, 0.4) is 0 Å². The Labute approximate surface area is 196 Å². The first kappa shape index (κ1) is 21.5. The van der Waals surface area contributed by atoms with E-state index >= 15 is 0 Å². The van der Waals surface area contributed by atoms with Crippen molar-refractivity contribution in [3.8, 4) is 0 Å². The predicted molar refractivity (Wildman–Crippen MR) is 135 cm³/mol. The summed E-state index contributed by atoms with van der Waals surface area (Å²) in [6.45, 7) is 0.332. The third-order valence-electron chi connectivity index (χ3n) is 6.13. The molecule has 0 radical (unpaired) electrons. The van der Waals surface area contributed by atoms with Crippen LogP contribution in [0.5, 0.6) is 0 Å². The van der Waals surface area contributed by atoms with E-state index in [4.69, 9.17) is 0 Å². The van der Waals surface area contributed by atoms with Crippen LogP contribution < -0.4 is 15.8 Å². The van der Waals surface area contributed by atoms with E-state index in [0.29, 0.717) is 12.2 Å². The average Bonchev–Trinajstić information content (AvgIpc) is 3.29. The maximum atomic E-state index is 13.0. The first-order valence-electron chi connectivity index (χ1n) is 11.1. The number of pyridine rings is 1. The van der Waals surface area contributed by atoms with Gasteiger partial charge in [-0.05, 0) is 41.5 Å². The summed E-state index contributed by atoms with van der Waals surface area (Å²) in [5, 5.41) is 4.08. The van der Waals surface area contributed by atoms with E-state index in [0.717, 1.165) is 27.7 Å². The van der Waals surface area contributed by atoms with E-state index in [9.17, 15) is 9.59 Å². The van der Waals surface area contributed by atoms with Gasteiger partial charge in [0.05, 0.1) is 0 Å². The number of carbonyl (C=O) groups excluding carboxylic acids is 1. The Morgan fingerprint density at radius 1 is 1.06 bits per heavy atom. The van der Waals surface area contributed by atoms with E-state index in [1.165, 1.54) is 10.6 Å². The van der Waals surface area contributed by atoms with Crippen molar-refractivity contribution in [3.05, 3.63) is 112 Å². The number of hydrogen-bond acceptors (Lipinski definition) is 4. The molecule has 3 heterocycles. The van der Waals surface area contributed by atoms with E-state index in [1.807, 2.05) is 43.4 Å². The topological polar surface area (TPSA) is 82.5 Å². The highest BCUT2D eigenvalue weighted by Gasteiger charge is 2.21. The minimum atomic E-state index is -0.439. The standard InChI is InChI=1S/C27H25N5O2/c1-31(2)19-12-10-18(11-13-19)21(22-16-28-24-8-4-3-7-20(22)24)15-30-26(33)23-17-29-25-9-5-6-14-32(25)27(23)34/h3-14,16-17,21,28H,15H2,1-2H3,(H,30,33). The van der Waals surface area contributed by atoms with Crippen molar-refractivity contribution in [1.82, 2.24) is 19.7 Å². The number of aromatic amines is 1. The molecule has 5 rings (SSSR count). The van der Waals surface area contributed by atoms with E-state index in [1.54, 1.807) is 24.4 Å². The highest BCUT2D eigenvalue weighted by molar-refractivity contribution is 5.94. The molecule has 5 aromatic rings. The Hall–Kier alpha value is -4.39. The predicted octanol–water partition coefficient (Wildman–Crippen LogP) is 3.80. The van der Waals surface area contributed by atoms with Gasteiger partial charge in [0.15, 0.2) is 0 Å². The van der Waals surface area contributed by atoms with Crippen molar-refractivity contribution < 1.29 is 4.79 Å². The molecule has 7 heteroatoms. The van der Waals surface area contributed by atoms with Gasteiger partial charge < -0.3 is 15.2 Å². The number of para-hydroxylation sites is 1. The third-order valence-corrected chi connectivity index (χ3v) is 6.13. The summed E-state index contributed by atoms with van der Waals surface area (Å²) in [6, 6.07) is 21.7. The van der Waals surface area contributed by atoms with Crippen LogP contribution in [-0.4, -0.2) is 40.9 Å². The molecule has 7 nitrogen and oxygen atoms in total. The van der Waals surface area contributed by atoms with Crippen LogP contribution >= 0.6 is 0 Å². The third kappa shape index (κ3) is 3.92. The van der Waals surface area contributed by atoms with Gasteiger partial charge in [-0.2, -0.15) is 0 Å². The summed E-state index contributed by atoms with van der Waals surface area (Å²) in [5.74, 6) is -0.544. The highest BCUT2D eigenvalue weighted by atomic mass is 16.2. The van der Waals surface area contributed by atoms with Crippen LogP contribution in [0.1, 0.15) is 27.4 Å². The fraction of sp³-hybridized carbons (Fsp3) is 0.148. The molecule has 34 heavy (non-hydrogen) atoms. The summed E-state index contributed by atoms with van der Waals surface area (Å²) in [4.78, 5) is 35.5. The van der Waals surface area contributed by atoms with Gasteiger partial charge in [-0.1, -0.05) is 36.4 Å². The second-order valence-electron chi connectivity index (χ2n) is 8.44. The number of carbonyl (C=O) groups is 1. The molecule has 0 aliphatic heterocycles. The summed E-state index contributed by atoms with van der Waals surface area (Å²) in [6.07, 6.45) is 4.95. The highest BCUT2D eigenvalue weighted by Crippen LogP contribution is 2.31. The number of nitrogens with zero attached hydrogens (tertiary/aromatic N) is 3. The van der Waals surface area contributed by atoms with Gasteiger partial charge in [-0.25, -0.2) is 4.98 Å². The van der Waals surface area contributed by atoms with Crippen LogP contribution in [0, 0.1) is 0 Å². The Morgan fingerprint density at radius 3 is 2.62 bits per heavy atom. The number of hydrogen-bond donors (Lipinski definition) is 2. The Bertz CT molecular complexity index is 1530. The molecule has 1 unspecified atom stereocenters. The second kappa shape index (κ2) is 8.86. The van der Waals surface area contributed by atoms with Crippen molar-refractivity contribution in [2.45, 2.75) is 5.92 Å². The molecular formula is C27H25N5O2. The average molecular weight is 452 g/mol. The van der Waals surface area contributed by atoms with Crippen LogP contribution in [0.25, 0.3) is 16.6 Å². The summed E-state index contributed by atoms with van der Waals surface area (Å²) in [7, 11) is 4.00. The first-order chi connectivity index (χ1) is 16.5. The molecule has 0 aliphatic rings. The number of anilines is 1. The zero-order valence-electron chi connectivity index (χ0n) is 19.0. The van der Waals surface area contributed by atoms with Crippen LogP contribution in [-0.2, 0) is 0 Å². The molecule has 2 N–H and O–H groups in total. The molecule has 0 saturated carbocycles. The molecule has 2 aromatic carbocycles. The molecule has 1 amide bonds. The number of aromatic nitrogens is 3. The molecule has 3 aromatic heterocycles. The van der Waals surface area contributed by atoms with Crippen LogP contribution in [0.4, 0.5) is 5.69 Å². The molecule has 1 atom stereocenters. The fourth-order valence-corrected chi connectivity index (χ4v) is 4.27. The summed E-state index contributed by atoms with van der Waals surface area (Å²) in [5.41, 5.74) is 4.43. The van der Waals surface area contributed by atoms with Gasteiger partial charge in [0.1, 0.15) is 11.2 Å². The maximum Gasteiger partial charge on any atom is 0.270 e. The minimum absolute atomic E-state index is 0.0179. The van der Waals surface area contributed by atoms with Crippen molar-refractivity contribution in [2.75, 3.05) is 25.5 Å². The second-order valence-corrected chi connectivity index (χ2v) is 8.44. The molecule has 0 aliphatic carbocycles. The smallest absolute Gasteiger partial charge is 0.270 e. The van der Waals surface area contributed by atoms with Gasteiger partial charge in [0.2, 0.25) is 0 Å². The summed E-state index contributed by atoms with van der Waals surface area (Å²) >= 11 is 0. The van der Waals surface area contributed by atoms with Crippen molar-refractivity contribution in [2.24, 2.45) is 0 Å². The quantitative estimate of drug-likeness (QED) is 0.411. The lowest BCUT2D eigenvalue weighted by Gasteiger charge is -2.20. The number of fused-ring (bicyclic) bond motifs is 2. The molecule has 0 spiro atoms. The van der Waals surface area contributed by atoms with Gasteiger partial charge in [-0.3, -0.25) is 14.0 Å². The Balaban J connectivity index is 1.48. The lowest BCUT2D eigenvalue weighted by atomic mass is 9.90. The van der Waals surface area contributed by atoms with Crippen LogP contribution in [0.2, 0.25) is 0 Å². The normalized spacial score (nSPS) is 12.1. The molecule has 0 fully saturated rings. The lowest BCUT2D eigenvalue weighted by Crippen LogP contribution is -2.34. The fourth-order valence-electron chi connectivity index (χ4n) is 4.27. The Morgan fingerprint density at radius 2 is 1.82 bits per heavy atom. The first-order valence-corrected chi connectivity index (χ1v) is 11.1. The Kier molecular flexibility index (Phi) is 5.59. The van der Waals surface area contributed by atoms with Gasteiger partial charge in [-0.15, -0.1) is 0 Å². The van der Waals surface area contributed by atoms with Gasteiger partial charge >= 0.3 is 0 Å². The molecule has 170 valence electrons. The minimum Gasteiger partial charge on any atom is -0.378 e. The summed E-state index contributed by atoms with van der Waals surface area (Å²) < 4.78 is 1.38. The number of nitrogens with one attached hydrogen (secondary N) is 2. The number of rotatable bonds is 6. The molecule has 0 saturated heterocycles. The molecular weight excluding hydrogens is 426 g/mol. The van der Waals surface area contributed by atoms with Crippen molar-refractivity contribution in [1.29, 1.82) is 0 Å². The number of benzene rings is 2. The van der Waals surface area contributed by atoms with Crippen LogP contribution in [0.15, 0.2) is 90.1 Å². The lowest BCUT2D eigenvalue weighted by molar-refractivity contribution is 0.0950. The number of amides is 1. The van der Waals surface area contributed by atoms with Gasteiger partial charge in [0, 0.05) is 61.7 Å². The number of H-pyrrole nitrogens is 1. The van der Waals surface area contributed by atoms with E-state index in [2.05, 4.69) is 45.6 Å². The zero-order chi connectivity index (χ0) is 23.7. The zero-order valence-corrected chi connectivity index (χ0v) is 19.0. The largest absolute Gasteiger partial charge is 0.378 e. The SMILES string of the molecule is CN(C)c1ccc(C(CNC(=O)c2cnc3ccccn3c2=O)c2c[nH]c3ccccc23)cc1. The van der Waals surface area contributed by atoms with Gasteiger partial charge in [0.25, 0.3) is 11.5 Å².